The predicted octanol–water partition coefficient (Wildman–Crippen LogP) is 3.48. The molecule has 0 aliphatic carbocycles. The molecule has 0 aliphatic heterocycles. The second-order valence-corrected chi connectivity index (χ2v) is 4.96. The molecule has 0 saturated heterocycles. The molecule has 2 N–H and O–H groups in total. The van der Waals surface area contributed by atoms with E-state index in [2.05, 4.69) is 39.8 Å². The molecule has 1 aromatic rings. The highest BCUT2D eigenvalue weighted by Gasteiger charge is 2.22. The Hall–Kier alpha value is -1.02. The molecule has 1 aromatic carbocycles. The summed E-state index contributed by atoms with van der Waals surface area (Å²) in [4.78, 5) is 0. The Morgan fingerprint density at radius 1 is 1.29 bits per heavy atom. The number of benzene rings is 1. The van der Waals surface area contributed by atoms with E-state index >= 15 is 0 Å². The van der Waals surface area contributed by atoms with Crippen molar-refractivity contribution in [3.63, 3.8) is 0 Å². The normalized spacial score (nSPS) is 16.4. The summed E-state index contributed by atoms with van der Waals surface area (Å²) in [6.45, 7) is 8.70. The molecule has 0 bridgehead atoms. The maximum Gasteiger partial charge on any atom is 0.119 e. The van der Waals surface area contributed by atoms with Crippen LogP contribution in [0.4, 0.5) is 0 Å². The average molecular weight is 235 g/mol. The van der Waals surface area contributed by atoms with E-state index in [1.165, 1.54) is 11.1 Å². The van der Waals surface area contributed by atoms with Crippen LogP contribution in [0.2, 0.25) is 0 Å². The van der Waals surface area contributed by atoms with Crippen LogP contribution in [0.3, 0.4) is 0 Å². The van der Waals surface area contributed by atoms with Gasteiger partial charge in [0.05, 0.1) is 7.11 Å². The van der Waals surface area contributed by atoms with Gasteiger partial charge in [-0.05, 0) is 55.4 Å². The van der Waals surface area contributed by atoms with Crippen molar-refractivity contribution < 1.29 is 4.74 Å². The lowest BCUT2D eigenvalue weighted by molar-refractivity contribution is 0.381. The highest BCUT2D eigenvalue weighted by molar-refractivity contribution is 5.37. The van der Waals surface area contributed by atoms with Gasteiger partial charge in [0.25, 0.3) is 0 Å². The van der Waals surface area contributed by atoms with Crippen LogP contribution in [0.1, 0.15) is 44.2 Å². The summed E-state index contributed by atoms with van der Waals surface area (Å²) >= 11 is 0. The van der Waals surface area contributed by atoms with Crippen molar-refractivity contribution in [2.24, 2.45) is 11.7 Å². The fraction of sp³-hybridized carbons (Fsp3) is 0.600. The standard InChI is InChI=1S/C15H25NO/c1-6-14(11(3)12(4)16)15-9-13(17-5)8-7-10(15)2/h7-9,11-12,14H,6,16H2,1-5H3/t11-,12?,14?/m0/s1. The van der Waals surface area contributed by atoms with Crippen molar-refractivity contribution in [1.29, 1.82) is 0 Å². The van der Waals surface area contributed by atoms with E-state index in [9.17, 15) is 0 Å². The zero-order valence-electron chi connectivity index (χ0n) is 11.7. The van der Waals surface area contributed by atoms with E-state index < -0.39 is 0 Å². The largest absolute Gasteiger partial charge is 0.497 e. The summed E-state index contributed by atoms with van der Waals surface area (Å²) in [5.41, 5.74) is 8.74. The zero-order valence-corrected chi connectivity index (χ0v) is 11.7. The Kier molecular flexibility index (Phi) is 5.01. The van der Waals surface area contributed by atoms with Crippen LogP contribution in [-0.2, 0) is 0 Å². The van der Waals surface area contributed by atoms with Gasteiger partial charge in [0.2, 0.25) is 0 Å². The number of nitrogens with two attached hydrogens (primary N) is 1. The number of hydrogen-bond acceptors (Lipinski definition) is 2. The first-order valence-electron chi connectivity index (χ1n) is 6.41. The minimum atomic E-state index is 0.213. The molecule has 3 atom stereocenters. The number of rotatable bonds is 5. The second-order valence-electron chi connectivity index (χ2n) is 4.96. The van der Waals surface area contributed by atoms with Gasteiger partial charge < -0.3 is 10.5 Å². The fourth-order valence-corrected chi connectivity index (χ4v) is 2.39. The third kappa shape index (κ3) is 3.22. The molecule has 0 aliphatic rings. The van der Waals surface area contributed by atoms with Crippen LogP contribution >= 0.6 is 0 Å². The molecular formula is C15H25NO. The van der Waals surface area contributed by atoms with E-state index in [-0.39, 0.29) is 6.04 Å². The van der Waals surface area contributed by atoms with Gasteiger partial charge in [0, 0.05) is 6.04 Å². The van der Waals surface area contributed by atoms with Crippen molar-refractivity contribution in [1.82, 2.24) is 0 Å². The summed E-state index contributed by atoms with van der Waals surface area (Å²) in [5, 5.41) is 0. The van der Waals surface area contributed by atoms with E-state index in [1.54, 1.807) is 7.11 Å². The van der Waals surface area contributed by atoms with E-state index in [0.717, 1.165) is 12.2 Å². The number of methoxy groups -OCH3 is 1. The van der Waals surface area contributed by atoms with Crippen molar-refractivity contribution in [2.75, 3.05) is 7.11 Å². The van der Waals surface area contributed by atoms with Crippen molar-refractivity contribution in [3.05, 3.63) is 29.3 Å². The lowest BCUT2D eigenvalue weighted by Crippen LogP contribution is -2.29. The molecule has 2 nitrogen and oxygen atoms in total. The van der Waals surface area contributed by atoms with Crippen LogP contribution in [0.15, 0.2) is 18.2 Å². The Morgan fingerprint density at radius 2 is 1.94 bits per heavy atom. The van der Waals surface area contributed by atoms with Crippen molar-refractivity contribution >= 4 is 0 Å². The molecule has 0 heterocycles. The average Bonchev–Trinajstić information content (AvgIpc) is 2.32. The summed E-state index contributed by atoms with van der Waals surface area (Å²) in [5.74, 6) is 1.91. The minimum Gasteiger partial charge on any atom is -0.497 e. The van der Waals surface area contributed by atoms with E-state index in [1.807, 2.05) is 6.07 Å². The predicted molar refractivity (Wildman–Crippen MR) is 73.6 cm³/mol. The molecule has 0 radical (unpaired) electrons. The monoisotopic (exact) mass is 235 g/mol. The molecule has 96 valence electrons. The minimum absolute atomic E-state index is 0.213. The number of aryl methyl sites for hydroxylation is 1. The van der Waals surface area contributed by atoms with Gasteiger partial charge in [-0.2, -0.15) is 0 Å². The SMILES string of the molecule is CCC(c1cc(OC)ccc1C)[C@@H](C)C(C)N. The lowest BCUT2D eigenvalue weighted by Gasteiger charge is -2.27. The zero-order chi connectivity index (χ0) is 13.0. The van der Waals surface area contributed by atoms with E-state index in [4.69, 9.17) is 10.5 Å². The third-order valence-electron chi connectivity index (χ3n) is 3.79. The fourth-order valence-electron chi connectivity index (χ4n) is 2.39. The molecule has 1 rings (SSSR count). The molecule has 0 amide bonds. The first kappa shape index (κ1) is 14.0. The lowest BCUT2D eigenvalue weighted by atomic mass is 9.80. The second kappa shape index (κ2) is 6.06. The molecule has 0 saturated carbocycles. The smallest absolute Gasteiger partial charge is 0.119 e. The Bertz CT molecular complexity index is 360. The third-order valence-corrected chi connectivity index (χ3v) is 3.79. The molecule has 2 heteroatoms. The maximum atomic E-state index is 6.04. The van der Waals surface area contributed by atoms with Gasteiger partial charge in [-0.15, -0.1) is 0 Å². The van der Waals surface area contributed by atoms with Crippen molar-refractivity contribution in [3.8, 4) is 5.75 Å². The number of hydrogen-bond donors (Lipinski definition) is 1. The van der Waals surface area contributed by atoms with Gasteiger partial charge in [-0.1, -0.05) is 19.9 Å². The summed E-state index contributed by atoms with van der Waals surface area (Å²) in [7, 11) is 1.71. The summed E-state index contributed by atoms with van der Waals surface area (Å²) in [6.07, 6.45) is 1.11. The van der Waals surface area contributed by atoms with Crippen LogP contribution in [0.5, 0.6) is 5.75 Å². The highest BCUT2D eigenvalue weighted by atomic mass is 16.5. The maximum absolute atomic E-state index is 6.04. The molecular weight excluding hydrogens is 210 g/mol. The van der Waals surface area contributed by atoms with Crippen LogP contribution in [0, 0.1) is 12.8 Å². The van der Waals surface area contributed by atoms with Gasteiger partial charge in [-0.25, -0.2) is 0 Å². The Balaban J connectivity index is 3.10. The summed E-state index contributed by atoms with van der Waals surface area (Å²) < 4.78 is 5.31. The summed E-state index contributed by atoms with van der Waals surface area (Å²) in [6, 6.07) is 6.51. The first-order valence-corrected chi connectivity index (χ1v) is 6.41. The first-order chi connectivity index (χ1) is 8.01. The molecule has 0 spiro atoms. The topological polar surface area (TPSA) is 35.2 Å². The number of ether oxygens (including phenoxy) is 1. The highest BCUT2D eigenvalue weighted by Crippen LogP contribution is 2.33. The van der Waals surface area contributed by atoms with Gasteiger partial charge in [-0.3, -0.25) is 0 Å². The van der Waals surface area contributed by atoms with Crippen LogP contribution in [-0.4, -0.2) is 13.2 Å². The molecule has 0 fully saturated rings. The molecule has 0 aromatic heterocycles. The molecule has 2 unspecified atom stereocenters. The molecule has 17 heavy (non-hydrogen) atoms. The van der Waals surface area contributed by atoms with Crippen molar-refractivity contribution in [2.45, 2.75) is 46.1 Å². The van der Waals surface area contributed by atoms with Crippen LogP contribution in [0.25, 0.3) is 0 Å². The Labute approximate surface area is 105 Å². The van der Waals surface area contributed by atoms with Crippen LogP contribution < -0.4 is 10.5 Å². The van der Waals surface area contributed by atoms with Gasteiger partial charge in [0.1, 0.15) is 5.75 Å². The van der Waals surface area contributed by atoms with Gasteiger partial charge >= 0.3 is 0 Å². The van der Waals surface area contributed by atoms with Gasteiger partial charge in [0.15, 0.2) is 0 Å². The van der Waals surface area contributed by atoms with E-state index in [0.29, 0.717) is 11.8 Å². The Morgan fingerprint density at radius 3 is 2.41 bits per heavy atom. The quantitative estimate of drug-likeness (QED) is 0.848.